The second-order valence-electron chi connectivity index (χ2n) is 4.03. The molecule has 90 valence electrons. The number of hydrogen-bond donors (Lipinski definition) is 0. The molecule has 4 heteroatoms. The van der Waals surface area contributed by atoms with Crippen molar-refractivity contribution in [3.63, 3.8) is 0 Å². The maximum absolute atomic E-state index is 12.6. The van der Waals surface area contributed by atoms with Crippen molar-refractivity contribution in [2.45, 2.75) is 9.79 Å². The highest BCUT2D eigenvalue weighted by Crippen LogP contribution is 2.38. The van der Waals surface area contributed by atoms with Crippen LogP contribution in [0.15, 0.2) is 58.3 Å². The Bertz CT molecular complexity index is 761. The molecule has 0 spiro atoms. The molecule has 3 rings (SSSR count). The summed E-state index contributed by atoms with van der Waals surface area (Å²) in [4.78, 5) is 0.699. The van der Waals surface area contributed by atoms with Crippen LogP contribution in [0.4, 0.5) is 0 Å². The number of sulfone groups is 1. The van der Waals surface area contributed by atoms with Crippen molar-refractivity contribution in [3.8, 4) is 0 Å². The Morgan fingerprint density at radius 1 is 0.833 bits per heavy atom. The minimum Gasteiger partial charge on any atom is -0.218 e. The number of fused-ring (bicyclic) bond motifs is 2. The molecule has 0 saturated carbocycles. The van der Waals surface area contributed by atoms with Gasteiger partial charge in [0, 0.05) is 10.0 Å². The highest BCUT2D eigenvalue weighted by atomic mass is 79.9. The number of rotatable bonds is 0. The Hall–Kier alpha value is -1.39. The lowest BCUT2D eigenvalue weighted by atomic mass is 10.1. The van der Waals surface area contributed by atoms with Crippen LogP contribution >= 0.6 is 15.9 Å². The van der Waals surface area contributed by atoms with Gasteiger partial charge in [0.1, 0.15) is 0 Å². The van der Waals surface area contributed by atoms with Gasteiger partial charge in [-0.3, -0.25) is 0 Å². The van der Waals surface area contributed by atoms with E-state index in [0.29, 0.717) is 20.9 Å². The van der Waals surface area contributed by atoms with Gasteiger partial charge in [0.2, 0.25) is 9.84 Å². The second-order valence-corrected chi connectivity index (χ2v) is 6.77. The Balaban J connectivity index is 2.48. The van der Waals surface area contributed by atoms with Crippen LogP contribution in [0.3, 0.4) is 0 Å². The number of hydrogen-bond acceptors (Lipinski definition) is 2. The molecule has 18 heavy (non-hydrogen) atoms. The largest absolute Gasteiger partial charge is 0.218 e. The smallest absolute Gasteiger partial charge is 0.207 e. The van der Waals surface area contributed by atoms with E-state index >= 15 is 0 Å². The van der Waals surface area contributed by atoms with Crippen molar-refractivity contribution in [2.75, 3.05) is 0 Å². The predicted octanol–water partition coefficient (Wildman–Crippen LogP) is 3.73. The molecule has 0 aromatic heterocycles. The average molecular weight is 321 g/mol. The number of benzene rings is 2. The summed E-state index contributed by atoms with van der Waals surface area (Å²) >= 11 is 3.46. The summed E-state index contributed by atoms with van der Waals surface area (Å²) in [5, 5.41) is 0. The minimum absolute atomic E-state index is 0.345. The van der Waals surface area contributed by atoms with Gasteiger partial charge >= 0.3 is 0 Å². The number of halogens is 1. The van der Waals surface area contributed by atoms with Gasteiger partial charge in [-0.05, 0) is 23.8 Å². The van der Waals surface area contributed by atoms with E-state index < -0.39 is 9.84 Å². The summed E-state index contributed by atoms with van der Waals surface area (Å²) in [6, 6.07) is 14.0. The molecule has 0 bridgehead atoms. The van der Waals surface area contributed by atoms with Gasteiger partial charge in [-0.25, -0.2) is 8.42 Å². The Kier molecular flexibility index (Phi) is 2.64. The van der Waals surface area contributed by atoms with E-state index in [1.165, 1.54) is 0 Å². The van der Waals surface area contributed by atoms with Crippen molar-refractivity contribution >= 4 is 36.3 Å². The third-order valence-electron chi connectivity index (χ3n) is 2.92. The van der Waals surface area contributed by atoms with Crippen molar-refractivity contribution in [3.05, 3.63) is 59.7 Å². The monoisotopic (exact) mass is 320 g/mol. The van der Waals surface area contributed by atoms with Gasteiger partial charge in [-0.1, -0.05) is 52.3 Å². The Morgan fingerprint density at radius 3 is 2.22 bits per heavy atom. The Labute approximate surface area is 114 Å². The molecule has 1 aliphatic heterocycles. The van der Waals surface area contributed by atoms with Crippen molar-refractivity contribution < 1.29 is 8.42 Å². The minimum atomic E-state index is -3.45. The molecule has 2 nitrogen and oxygen atoms in total. The molecule has 1 aliphatic rings. The molecule has 0 atom stereocenters. The lowest BCUT2D eigenvalue weighted by molar-refractivity contribution is 0.596. The molecule has 2 aromatic carbocycles. The molecule has 0 amide bonds. The van der Waals surface area contributed by atoms with Crippen LogP contribution in [0.1, 0.15) is 11.1 Å². The van der Waals surface area contributed by atoms with Crippen LogP contribution < -0.4 is 0 Å². The first-order valence-corrected chi connectivity index (χ1v) is 7.69. The van der Waals surface area contributed by atoms with Gasteiger partial charge in [-0.15, -0.1) is 0 Å². The zero-order valence-electron chi connectivity index (χ0n) is 9.30. The van der Waals surface area contributed by atoms with E-state index in [2.05, 4.69) is 15.9 Å². The van der Waals surface area contributed by atoms with Crippen LogP contribution in [0.5, 0.6) is 0 Å². The quantitative estimate of drug-likeness (QED) is 0.741. The Morgan fingerprint density at radius 2 is 1.44 bits per heavy atom. The summed E-state index contributed by atoms with van der Waals surface area (Å²) in [5.74, 6) is 0. The van der Waals surface area contributed by atoms with Crippen LogP contribution in [-0.2, 0) is 9.84 Å². The van der Waals surface area contributed by atoms with Crippen LogP contribution in [0.25, 0.3) is 10.6 Å². The van der Waals surface area contributed by atoms with E-state index in [1.807, 2.05) is 18.2 Å². The van der Waals surface area contributed by atoms with Crippen LogP contribution in [0.2, 0.25) is 0 Å². The highest BCUT2D eigenvalue weighted by molar-refractivity contribution is 9.15. The lowest BCUT2D eigenvalue weighted by Gasteiger charge is -2.07. The second kappa shape index (κ2) is 4.07. The predicted molar refractivity (Wildman–Crippen MR) is 75.1 cm³/mol. The molecule has 0 saturated heterocycles. The van der Waals surface area contributed by atoms with Gasteiger partial charge in [-0.2, -0.15) is 0 Å². The first-order valence-electron chi connectivity index (χ1n) is 5.41. The van der Waals surface area contributed by atoms with E-state index in [4.69, 9.17) is 0 Å². The van der Waals surface area contributed by atoms with E-state index in [1.54, 1.807) is 36.4 Å². The molecule has 1 heterocycles. The highest BCUT2D eigenvalue weighted by Gasteiger charge is 2.26. The fourth-order valence-electron chi connectivity index (χ4n) is 2.08. The fourth-order valence-corrected chi connectivity index (χ4v) is 4.46. The lowest BCUT2D eigenvalue weighted by Crippen LogP contribution is -2.04. The first kappa shape index (κ1) is 11.7. The van der Waals surface area contributed by atoms with Crippen molar-refractivity contribution in [1.29, 1.82) is 0 Å². The maximum Gasteiger partial charge on any atom is 0.207 e. The van der Waals surface area contributed by atoms with Gasteiger partial charge in [0.15, 0.2) is 0 Å². The van der Waals surface area contributed by atoms with Gasteiger partial charge in [0.05, 0.1) is 9.79 Å². The maximum atomic E-state index is 12.6. The zero-order chi connectivity index (χ0) is 12.8. The van der Waals surface area contributed by atoms with Gasteiger partial charge < -0.3 is 0 Å². The summed E-state index contributed by atoms with van der Waals surface area (Å²) in [5.41, 5.74) is 1.41. The molecule has 0 radical (unpaired) electrons. The SMILES string of the molecule is O=S1(=O)c2ccccc2C=C(Br)c2ccccc21. The third kappa shape index (κ3) is 1.64. The van der Waals surface area contributed by atoms with Crippen LogP contribution in [-0.4, -0.2) is 8.42 Å². The molecule has 0 unspecified atom stereocenters. The van der Waals surface area contributed by atoms with E-state index in [-0.39, 0.29) is 0 Å². The standard InChI is InChI=1S/C14H9BrO2S/c15-12-9-10-5-1-3-7-13(10)18(16,17)14-8-4-2-6-11(12)14/h1-9H. The molecular formula is C14H9BrO2S. The molecule has 2 aromatic rings. The summed E-state index contributed by atoms with van der Waals surface area (Å²) < 4.78 is 26.0. The summed E-state index contributed by atoms with van der Waals surface area (Å²) in [6.45, 7) is 0. The molecule has 0 aliphatic carbocycles. The van der Waals surface area contributed by atoms with Gasteiger partial charge in [0.25, 0.3) is 0 Å². The zero-order valence-corrected chi connectivity index (χ0v) is 11.7. The molecular weight excluding hydrogens is 312 g/mol. The topological polar surface area (TPSA) is 34.1 Å². The van der Waals surface area contributed by atoms with Crippen molar-refractivity contribution in [2.24, 2.45) is 0 Å². The van der Waals surface area contributed by atoms with E-state index in [0.717, 1.165) is 4.48 Å². The third-order valence-corrected chi connectivity index (χ3v) is 5.47. The van der Waals surface area contributed by atoms with E-state index in [9.17, 15) is 8.42 Å². The normalized spacial score (nSPS) is 16.2. The summed E-state index contributed by atoms with van der Waals surface area (Å²) in [6.07, 6.45) is 1.85. The average Bonchev–Trinajstić information content (AvgIpc) is 2.46. The van der Waals surface area contributed by atoms with Crippen LogP contribution in [0, 0.1) is 0 Å². The summed E-state index contributed by atoms with van der Waals surface area (Å²) in [7, 11) is -3.45. The van der Waals surface area contributed by atoms with Crippen molar-refractivity contribution in [1.82, 2.24) is 0 Å². The molecule has 0 fully saturated rings. The molecule has 0 N–H and O–H groups in total. The fraction of sp³-hybridized carbons (Fsp3) is 0. The first-order chi connectivity index (χ1) is 8.60.